The van der Waals surface area contributed by atoms with Gasteiger partial charge in [0.25, 0.3) is 5.91 Å². The van der Waals surface area contributed by atoms with Crippen LogP contribution in [-0.4, -0.2) is 34.9 Å². The molecule has 0 atom stereocenters. The van der Waals surface area contributed by atoms with Crippen molar-refractivity contribution in [2.75, 3.05) is 13.2 Å². The van der Waals surface area contributed by atoms with Gasteiger partial charge in [0.2, 0.25) is 0 Å². The number of ether oxygens (including phenoxy) is 1. The van der Waals surface area contributed by atoms with Crippen molar-refractivity contribution in [2.45, 2.75) is 20.3 Å². The number of nitrogens with zero attached hydrogens (tertiary/aromatic N) is 1. The third-order valence-electron chi connectivity index (χ3n) is 5.16. The highest BCUT2D eigenvalue weighted by Crippen LogP contribution is 2.32. The molecule has 6 heteroatoms. The van der Waals surface area contributed by atoms with E-state index < -0.39 is 5.97 Å². The highest BCUT2D eigenvalue weighted by Gasteiger charge is 2.28. The minimum atomic E-state index is -0.441. The summed E-state index contributed by atoms with van der Waals surface area (Å²) in [7, 11) is 0. The van der Waals surface area contributed by atoms with Crippen molar-refractivity contribution in [3.63, 3.8) is 0 Å². The van der Waals surface area contributed by atoms with E-state index in [2.05, 4.69) is 20.9 Å². The first-order valence-corrected chi connectivity index (χ1v) is 10.4. The summed E-state index contributed by atoms with van der Waals surface area (Å²) in [5.41, 5.74) is 4.57. The van der Waals surface area contributed by atoms with Gasteiger partial charge in [-0.3, -0.25) is 4.79 Å². The summed E-state index contributed by atoms with van der Waals surface area (Å²) in [5.74, 6) is -0.588. The SMILES string of the molecule is CCOC(=O)C1=CN(C(=O)c2c(C)cccc2Br)CCc2c1[nH]c1ccccc21. The van der Waals surface area contributed by atoms with Gasteiger partial charge >= 0.3 is 5.97 Å². The highest BCUT2D eigenvalue weighted by molar-refractivity contribution is 9.10. The topological polar surface area (TPSA) is 62.4 Å². The molecule has 0 saturated heterocycles. The molecule has 1 amide bonds. The van der Waals surface area contributed by atoms with Crippen LogP contribution in [0.5, 0.6) is 0 Å². The maximum Gasteiger partial charge on any atom is 0.341 e. The van der Waals surface area contributed by atoms with Crippen molar-refractivity contribution in [1.29, 1.82) is 0 Å². The zero-order chi connectivity index (χ0) is 20.5. The zero-order valence-electron chi connectivity index (χ0n) is 16.3. The van der Waals surface area contributed by atoms with Crippen molar-refractivity contribution in [3.8, 4) is 0 Å². The molecular formula is C23H21BrN2O3. The highest BCUT2D eigenvalue weighted by atomic mass is 79.9. The van der Waals surface area contributed by atoms with Crippen LogP contribution >= 0.6 is 15.9 Å². The number of carbonyl (C=O) groups is 2. The van der Waals surface area contributed by atoms with Gasteiger partial charge in [0.15, 0.2) is 0 Å². The third kappa shape index (κ3) is 3.49. The number of H-pyrrole nitrogens is 1. The molecule has 0 radical (unpaired) electrons. The molecule has 3 aromatic rings. The van der Waals surface area contributed by atoms with Gasteiger partial charge in [-0.2, -0.15) is 0 Å². The lowest BCUT2D eigenvalue weighted by molar-refractivity contribution is -0.136. The van der Waals surface area contributed by atoms with Gasteiger partial charge in [-0.1, -0.05) is 30.3 Å². The zero-order valence-corrected chi connectivity index (χ0v) is 17.9. The van der Waals surface area contributed by atoms with Gasteiger partial charge in [-0.05, 0) is 59.5 Å². The van der Waals surface area contributed by atoms with E-state index in [0.29, 0.717) is 24.1 Å². The summed E-state index contributed by atoms with van der Waals surface area (Å²) in [4.78, 5) is 31.1. The number of aryl methyl sites for hydroxylation is 1. The van der Waals surface area contributed by atoms with Crippen LogP contribution in [0.2, 0.25) is 0 Å². The Kier molecular flexibility index (Phi) is 5.28. The molecule has 4 rings (SSSR count). The largest absolute Gasteiger partial charge is 0.462 e. The van der Waals surface area contributed by atoms with E-state index in [0.717, 1.165) is 32.2 Å². The molecule has 0 aliphatic carbocycles. The molecule has 1 aromatic heterocycles. The number of hydrogen-bond acceptors (Lipinski definition) is 3. The molecule has 0 saturated carbocycles. The molecule has 5 nitrogen and oxygen atoms in total. The molecule has 1 aliphatic rings. The first kappa shape index (κ1) is 19.5. The van der Waals surface area contributed by atoms with Crippen LogP contribution in [0.4, 0.5) is 0 Å². The fourth-order valence-electron chi connectivity index (χ4n) is 3.78. The lowest BCUT2D eigenvalue weighted by Crippen LogP contribution is -2.29. The smallest absolute Gasteiger partial charge is 0.341 e. The van der Waals surface area contributed by atoms with Gasteiger partial charge in [-0.25, -0.2) is 4.79 Å². The van der Waals surface area contributed by atoms with E-state index in [1.54, 1.807) is 18.0 Å². The second kappa shape index (κ2) is 7.87. The number of fused-ring (bicyclic) bond motifs is 3. The van der Waals surface area contributed by atoms with Gasteiger partial charge < -0.3 is 14.6 Å². The number of benzene rings is 2. The molecule has 0 spiro atoms. The maximum atomic E-state index is 13.3. The quantitative estimate of drug-likeness (QED) is 0.578. The Labute approximate surface area is 177 Å². The van der Waals surface area contributed by atoms with Gasteiger partial charge in [-0.15, -0.1) is 0 Å². The van der Waals surface area contributed by atoms with E-state index in [1.165, 1.54) is 0 Å². The number of esters is 1. The predicted molar refractivity (Wildman–Crippen MR) is 117 cm³/mol. The lowest BCUT2D eigenvalue weighted by Gasteiger charge is -2.20. The molecule has 29 heavy (non-hydrogen) atoms. The average Bonchev–Trinajstić information content (AvgIpc) is 2.95. The molecule has 2 heterocycles. The van der Waals surface area contributed by atoms with Crippen molar-refractivity contribution in [1.82, 2.24) is 9.88 Å². The Bertz CT molecular complexity index is 1130. The van der Waals surface area contributed by atoms with Crippen molar-refractivity contribution >= 4 is 44.3 Å². The average molecular weight is 453 g/mol. The van der Waals surface area contributed by atoms with E-state index in [9.17, 15) is 9.59 Å². The van der Waals surface area contributed by atoms with Crippen LogP contribution in [-0.2, 0) is 16.0 Å². The Hall–Kier alpha value is -2.86. The number of halogens is 1. The van der Waals surface area contributed by atoms with Gasteiger partial charge in [0.1, 0.15) is 0 Å². The number of hydrogen-bond donors (Lipinski definition) is 1. The Morgan fingerprint density at radius 1 is 1.17 bits per heavy atom. The van der Waals surface area contributed by atoms with Crippen LogP contribution in [0.3, 0.4) is 0 Å². The maximum absolute atomic E-state index is 13.3. The fraction of sp³-hybridized carbons (Fsp3) is 0.217. The number of carbonyl (C=O) groups excluding carboxylic acids is 2. The fourth-order valence-corrected chi connectivity index (χ4v) is 4.41. The number of rotatable bonds is 3. The monoisotopic (exact) mass is 452 g/mol. The van der Waals surface area contributed by atoms with E-state index in [-0.39, 0.29) is 12.5 Å². The van der Waals surface area contributed by atoms with Gasteiger partial charge in [0, 0.05) is 28.1 Å². The molecule has 148 valence electrons. The summed E-state index contributed by atoms with van der Waals surface area (Å²) in [6.45, 7) is 4.41. The second-order valence-corrected chi connectivity index (χ2v) is 7.82. The van der Waals surface area contributed by atoms with E-state index in [4.69, 9.17) is 4.74 Å². The molecule has 0 unspecified atom stereocenters. The van der Waals surface area contributed by atoms with E-state index in [1.807, 2.05) is 49.4 Å². The Morgan fingerprint density at radius 3 is 2.72 bits per heavy atom. The minimum absolute atomic E-state index is 0.147. The normalized spacial score (nSPS) is 13.6. The van der Waals surface area contributed by atoms with Gasteiger partial charge in [0.05, 0.1) is 23.4 Å². The van der Waals surface area contributed by atoms with Crippen LogP contribution in [0.1, 0.15) is 34.1 Å². The summed E-state index contributed by atoms with van der Waals surface area (Å²) < 4.78 is 6.03. The number of aromatic amines is 1. The number of aromatic nitrogens is 1. The standard InChI is InChI=1S/C23H21BrN2O3/c1-3-29-23(28)17-13-26(22(27)20-14(2)7-6-9-18(20)24)12-11-16-15-8-4-5-10-19(15)25-21(16)17/h4-10,13,25H,3,11-12H2,1-2H3. The number of amides is 1. The molecule has 0 bridgehead atoms. The van der Waals surface area contributed by atoms with Crippen LogP contribution < -0.4 is 0 Å². The molecule has 0 fully saturated rings. The van der Waals surface area contributed by atoms with Crippen LogP contribution in [0, 0.1) is 6.92 Å². The summed E-state index contributed by atoms with van der Waals surface area (Å²) in [6.07, 6.45) is 2.26. The van der Waals surface area contributed by atoms with Crippen LogP contribution in [0.25, 0.3) is 16.5 Å². The lowest BCUT2D eigenvalue weighted by atomic mass is 10.0. The Morgan fingerprint density at radius 2 is 1.97 bits per heavy atom. The molecule has 2 aromatic carbocycles. The summed E-state index contributed by atoms with van der Waals surface area (Å²) >= 11 is 3.49. The van der Waals surface area contributed by atoms with Crippen molar-refractivity contribution in [2.24, 2.45) is 0 Å². The van der Waals surface area contributed by atoms with E-state index >= 15 is 0 Å². The number of nitrogens with one attached hydrogen (secondary N) is 1. The van der Waals surface area contributed by atoms with Crippen LogP contribution in [0.15, 0.2) is 53.1 Å². The minimum Gasteiger partial charge on any atom is -0.462 e. The third-order valence-corrected chi connectivity index (χ3v) is 5.82. The number of para-hydroxylation sites is 1. The summed E-state index contributed by atoms with van der Waals surface area (Å²) in [6, 6.07) is 13.6. The van der Waals surface area contributed by atoms with Crippen molar-refractivity contribution < 1.29 is 14.3 Å². The summed E-state index contributed by atoms with van der Waals surface area (Å²) in [5, 5.41) is 1.06. The van der Waals surface area contributed by atoms with Crippen molar-refractivity contribution in [3.05, 3.63) is 75.5 Å². The molecule has 1 N–H and O–H groups in total. The second-order valence-electron chi connectivity index (χ2n) is 6.97. The molecule has 1 aliphatic heterocycles. The first-order valence-electron chi connectivity index (χ1n) is 9.56. The Balaban J connectivity index is 1.83. The molecular weight excluding hydrogens is 432 g/mol. The predicted octanol–water partition coefficient (Wildman–Crippen LogP) is 4.84. The first-order chi connectivity index (χ1) is 14.0.